The Balaban J connectivity index is 1.82. The molecule has 1 aromatic heterocycles. The summed E-state index contributed by atoms with van der Waals surface area (Å²) < 4.78 is 5.48. The van der Waals surface area contributed by atoms with E-state index in [-0.39, 0.29) is 12.0 Å². The van der Waals surface area contributed by atoms with Gasteiger partial charge in [0, 0.05) is 13.0 Å². The van der Waals surface area contributed by atoms with Crippen molar-refractivity contribution in [3.63, 3.8) is 0 Å². The van der Waals surface area contributed by atoms with Crippen LogP contribution in [0, 0.1) is 6.92 Å². The highest BCUT2D eigenvalue weighted by Gasteiger charge is 2.17. The predicted octanol–water partition coefficient (Wildman–Crippen LogP) is 1.87. The van der Waals surface area contributed by atoms with E-state index >= 15 is 0 Å². The lowest BCUT2D eigenvalue weighted by molar-refractivity contribution is -0.116. The molecule has 5 nitrogen and oxygen atoms in total. The van der Waals surface area contributed by atoms with Crippen LogP contribution in [0.25, 0.3) is 0 Å². The zero-order chi connectivity index (χ0) is 13.0. The van der Waals surface area contributed by atoms with Crippen molar-refractivity contribution in [3.8, 4) is 0 Å². The number of pyridine rings is 1. The van der Waals surface area contributed by atoms with E-state index in [2.05, 4.69) is 10.3 Å². The lowest BCUT2D eigenvalue weighted by atomic mass is 10.1. The molecule has 0 saturated carbocycles. The van der Waals surface area contributed by atoms with Gasteiger partial charge in [0.1, 0.15) is 5.82 Å². The number of aromatic nitrogens is 1. The number of hydrogen-bond donors (Lipinski definition) is 2. The molecule has 98 valence electrons. The van der Waals surface area contributed by atoms with Crippen molar-refractivity contribution in [1.82, 2.24) is 4.98 Å². The number of nitrogens with two attached hydrogens (primary N) is 1. The van der Waals surface area contributed by atoms with Crippen LogP contribution in [0.5, 0.6) is 0 Å². The Labute approximate surface area is 107 Å². The second-order valence-corrected chi connectivity index (χ2v) is 4.66. The molecule has 3 N–H and O–H groups in total. The van der Waals surface area contributed by atoms with Crippen LogP contribution in [0.15, 0.2) is 12.3 Å². The van der Waals surface area contributed by atoms with Gasteiger partial charge < -0.3 is 15.8 Å². The highest BCUT2D eigenvalue weighted by molar-refractivity contribution is 5.90. The molecular weight excluding hydrogens is 230 g/mol. The fraction of sp³-hybridized carbons (Fsp3) is 0.538. The molecule has 0 aliphatic carbocycles. The van der Waals surface area contributed by atoms with Crippen LogP contribution in [0.1, 0.15) is 31.2 Å². The van der Waals surface area contributed by atoms with Crippen LogP contribution in [-0.2, 0) is 9.53 Å². The molecule has 2 heterocycles. The van der Waals surface area contributed by atoms with Gasteiger partial charge in [0.05, 0.1) is 18.0 Å². The highest BCUT2D eigenvalue weighted by atomic mass is 16.5. The van der Waals surface area contributed by atoms with Gasteiger partial charge >= 0.3 is 0 Å². The molecule has 1 atom stereocenters. The number of carbonyl (C=O) groups is 1. The van der Waals surface area contributed by atoms with Gasteiger partial charge in [0.15, 0.2) is 0 Å². The monoisotopic (exact) mass is 249 g/mol. The van der Waals surface area contributed by atoms with Crippen molar-refractivity contribution in [2.45, 2.75) is 38.7 Å². The summed E-state index contributed by atoms with van der Waals surface area (Å²) in [6, 6.07) is 1.79. The first-order chi connectivity index (χ1) is 8.65. The van der Waals surface area contributed by atoms with Crippen LogP contribution in [0.2, 0.25) is 0 Å². The summed E-state index contributed by atoms with van der Waals surface area (Å²) in [4.78, 5) is 15.9. The number of nitrogen functional groups attached to an aromatic ring is 1. The van der Waals surface area contributed by atoms with Gasteiger partial charge in [-0.05, 0) is 37.8 Å². The van der Waals surface area contributed by atoms with E-state index in [1.165, 1.54) is 0 Å². The topological polar surface area (TPSA) is 77.2 Å². The van der Waals surface area contributed by atoms with E-state index in [0.717, 1.165) is 31.4 Å². The Morgan fingerprint density at radius 3 is 3.17 bits per heavy atom. The van der Waals surface area contributed by atoms with Crippen LogP contribution >= 0.6 is 0 Å². The largest absolute Gasteiger partial charge is 0.397 e. The van der Waals surface area contributed by atoms with Crippen LogP contribution in [0.4, 0.5) is 11.5 Å². The maximum absolute atomic E-state index is 11.8. The number of rotatable bonds is 4. The van der Waals surface area contributed by atoms with Crippen LogP contribution in [0.3, 0.4) is 0 Å². The molecule has 5 heteroatoms. The number of nitrogens with one attached hydrogen (secondary N) is 1. The fourth-order valence-corrected chi connectivity index (χ4v) is 2.09. The number of anilines is 2. The second-order valence-electron chi connectivity index (χ2n) is 4.66. The van der Waals surface area contributed by atoms with Gasteiger partial charge in [-0.25, -0.2) is 4.98 Å². The minimum Gasteiger partial charge on any atom is -0.397 e. The summed E-state index contributed by atoms with van der Waals surface area (Å²) in [5.41, 5.74) is 7.09. The quantitative estimate of drug-likeness (QED) is 0.854. The highest BCUT2D eigenvalue weighted by Crippen LogP contribution is 2.18. The number of amides is 1. The summed E-state index contributed by atoms with van der Waals surface area (Å²) in [5, 5.41) is 2.80. The standard InChI is InChI=1S/C13H19N3O2/c1-9-7-10(14)8-15-13(9)16-12(17)5-4-11-3-2-6-18-11/h7-8,11H,2-6,14H2,1H3,(H,15,16,17). The smallest absolute Gasteiger partial charge is 0.225 e. The average molecular weight is 249 g/mol. The molecule has 18 heavy (non-hydrogen) atoms. The van der Waals surface area contributed by atoms with Crippen molar-refractivity contribution in [2.24, 2.45) is 0 Å². The lowest BCUT2D eigenvalue weighted by Gasteiger charge is -2.10. The third kappa shape index (κ3) is 3.43. The van der Waals surface area contributed by atoms with Gasteiger partial charge in [-0.3, -0.25) is 4.79 Å². The number of carbonyl (C=O) groups excluding carboxylic acids is 1. The minimum absolute atomic E-state index is 0.0223. The summed E-state index contributed by atoms with van der Waals surface area (Å²) in [6.07, 6.45) is 5.20. The zero-order valence-corrected chi connectivity index (χ0v) is 10.6. The first-order valence-electron chi connectivity index (χ1n) is 6.29. The Morgan fingerprint density at radius 2 is 2.50 bits per heavy atom. The molecule has 1 saturated heterocycles. The molecule has 0 spiro atoms. The normalized spacial score (nSPS) is 18.8. The van der Waals surface area contributed by atoms with Crippen molar-refractivity contribution in [1.29, 1.82) is 0 Å². The molecule has 1 fully saturated rings. The Bertz CT molecular complexity index is 428. The van der Waals surface area contributed by atoms with Gasteiger partial charge in [0.25, 0.3) is 0 Å². The molecule has 2 rings (SSSR count). The van der Waals surface area contributed by atoms with E-state index in [0.29, 0.717) is 17.9 Å². The van der Waals surface area contributed by atoms with Gasteiger partial charge in [0.2, 0.25) is 5.91 Å². The van der Waals surface area contributed by atoms with Crippen molar-refractivity contribution >= 4 is 17.4 Å². The van der Waals surface area contributed by atoms with E-state index in [1.807, 2.05) is 6.92 Å². The minimum atomic E-state index is -0.0223. The average Bonchev–Trinajstić information content (AvgIpc) is 2.83. The Hall–Kier alpha value is -1.62. The van der Waals surface area contributed by atoms with Gasteiger partial charge in [-0.2, -0.15) is 0 Å². The van der Waals surface area contributed by atoms with E-state index in [9.17, 15) is 4.79 Å². The SMILES string of the molecule is Cc1cc(N)cnc1NC(=O)CCC1CCCO1. The predicted molar refractivity (Wildman–Crippen MR) is 70.2 cm³/mol. The summed E-state index contributed by atoms with van der Waals surface area (Å²) >= 11 is 0. The van der Waals surface area contributed by atoms with E-state index in [4.69, 9.17) is 10.5 Å². The number of aryl methyl sites for hydroxylation is 1. The maximum Gasteiger partial charge on any atom is 0.225 e. The molecule has 1 unspecified atom stereocenters. The van der Waals surface area contributed by atoms with Gasteiger partial charge in [-0.1, -0.05) is 0 Å². The maximum atomic E-state index is 11.8. The molecule has 1 aliphatic rings. The number of nitrogens with zero attached hydrogens (tertiary/aromatic N) is 1. The number of hydrogen-bond acceptors (Lipinski definition) is 4. The first kappa shape index (κ1) is 12.8. The summed E-state index contributed by atoms with van der Waals surface area (Å²) in [7, 11) is 0. The molecule has 0 aromatic carbocycles. The zero-order valence-electron chi connectivity index (χ0n) is 10.6. The lowest BCUT2D eigenvalue weighted by Crippen LogP contribution is -2.16. The third-order valence-electron chi connectivity index (χ3n) is 3.07. The van der Waals surface area contributed by atoms with Crippen molar-refractivity contribution in [3.05, 3.63) is 17.8 Å². The molecular formula is C13H19N3O2. The van der Waals surface area contributed by atoms with Crippen molar-refractivity contribution in [2.75, 3.05) is 17.7 Å². The van der Waals surface area contributed by atoms with Gasteiger partial charge in [-0.15, -0.1) is 0 Å². The van der Waals surface area contributed by atoms with Crippen molar-refractivity contribution < 1.29 is 9.53 Å². The molecule has 0 bridgehead atoms. The summed E-state index contributed by atoms with van der Waals surface area (Å²) in [5.74, 6) is 0.562. The van der Waals surface area contributed by atoms with E-state index < -0.39 is 0 Å². The molecule has 1 aromatic rings. The van der Waals surface area contributed by atoms with Crippen LogP contribution < -0.4 is 11.1 Å². The number of ether oxygens (including phenoxy) is 1. The van der Waals surface area contributed by atoms with E-state index in [1.54, 1.807) is 12.3 Å². The fourth-order valence-electron chi connectivity index (χ4n) is 2.09. The second kappa shape index (κ2) is 5.82. The third-order valence-corrected chi connectivity index (χ3v) is 3.07. The first-order valence-corrected chi connectivity index (χ1v) is 6.29. The molecule has 1 aliphatic heterocycles. The summed E-state index contributed by atoms with van der Waals surface area (Å²) in [6.45, 7) is 2.70. The Morgan fingerprint density at radius 1 is 1.67 bits per heavy atom. The Kier molecular flexibility index (Phi) is 4.15. The molecule has 0 radical (unpaired) electrons. The van der Waals surface area contributed by atoms with Crippen LogP contribution in [-0.4, -0.2) is 23.6 Å². The molecule has 1 amide bonds.